The van der Waals surface area contributed by atoms with Crippen LogP contribution < -0.4 is 70.4 Å². The van der Waals surface area contributed by atoms with Gasteiger partial charge < -0.3 is 80.3 Å². The molecule has 5 aromatic rings. The summed E-state index contributed by atoms with van der Waals surface area (Å²) in [5.41, 5.74) is 19.0. The lowest BCUT2D eigenvalue weighted by Crippen LogP contribution is -2.60. The highest BCUT2D eigenvalue weighted by Gasteiger charge is 2.40. The van der Waals surface area contributed by atoms with Gasteiger partial charge in [-0.05, 0) is 60.6 Å². The van der Waals surface area contributed by atoms with E-state index >= 15 is 0 Å². The van der Waals surface area contributed by atoms with E-state index in [1.165, 1.54) is 19.4 Å². The number of para-hydroxylation sites is 1. The van der Waals surface area contributed by atoms with Gasteiger partial charge >= 0.3 is 6.03 Å². The van der Waals surface area contributed by atoms with Crippen LogP contribution in [0.1, 0.15) is 49.4 Å². The number of nitrogens with one attached hydrogen (secondary N) is 14. The van der Waals surface area contributed by atoms with Crippen molar-refractivity contribution in [3.05, 3.63) is 102 Å². The molecule has 0 unspecified atom stereocenters. The van der Waals surface area contributed by atoms with Crippen molar-refractivity contribution in [1.82, 2.24) is 73.0 Å². The molecule has 7 rings (SSSR count). The van der Waals surface area contributed by atoms with Crippen LogP contribution in [0.15, 0.2) is 85.5 Å². The lowest BCUT2D eigenvalue weighted by molar-refractivity contribution is -0.135. The number of nitrogens with two attached hydrogens (primary N) is 3. The Kier molecular flexibility index (Phi) is 22.5. The minimum absolute atomic E-state index is 0.0785. The van der Waals surface area contributed by atoms with E-state index in [9.17, 15) is 47.9 Å². The molecule has 3 aromatic carbocycles. The van der Waals surface area contributed by atoms with Crippen LogP contribution in [0.5, 0.6) is 0 Å². The molecule has 0 bridgehead atoms. The van der Waals surface area contributed by atoms with Gasteiger partial charge in [-0.1, -0.05) is 82.3 Å². The van der Waals surface area contributed by atoms with Gasteiger partial charge in [0.25, 0.3) is 5.91 Å². The zero-order chi connectivity index (χ0) is 61.2. The van der Waals surface area contributed by atoms with E-state index in [1.807, 2.05) is 54.6 Å². The summed E-state index contributed by atoms with van der Waals surface area (Å²) in [6.45, 7) is 0.851. The number of benzene rings is 3. The second-order valence-electron chi connectivity index (χ2n) is 20.2. The molecule has 11 amide bonds. The number of amides is 11. The molecule has 31 heteroatoms. The standard InChI is InChI=1S/C54H69N19O10S2/c1-28-45(76)68-40(21-33-23-60-27-64-33)49(80)69-38(19-29-14-15-30-8-2-3-9-31(30)18-29)47(78)67-36(12-6-16-61-52(56)57)46(77)70-39(20-32-22-63-35-11-5-4-10-34(32)35)48(79)71-41(44(55)75)25-84-85-26-42(50(81)65-28)66-43(74)24-73-51(82)37(72-54(73)83)13-7-17-62-53(58)59/h2-5,8-11,14-15,18,22-23,27-28,36-42,63H,6-7,12-13,16-17,19-21,24-26H2,1H3,(H2,55,75)(H,60,64)(H,65,81)(H,66,74)(H,67,78)(H,68,76)(H,69,80)(H,70,77)(H,71,79)(H,72,83)(H4,56,57,61)(H4,58,59,62)/t28-,36+,37+,38-,39+,40+,41+,42+/m1/s1. The third kappa shape index (κ3) is 18.3. The largest absolute Gasteiger partial charge is 0.370 e. The van der Waals surface area contributed by atoms with Crippen molar-refractivity contribution < 1.29 is 47.9 Å². The number of fused-ring (bicyclic) bond motifs is 2. The number of imide groups is 1. The lowest BCUT2D eigenvalue weighted by Gasteiger charge is -2.27. The Labute approximate surface area is 494 Å². The van der Waals surface area contributed by atoms with Crippen LogP contribution in [0.3, 0.4) is 0 Å². The van der Waals surface area contributed by atoms with Crippen molar-refractivity contribution in [2.24, 2.45) is 17.2 Å². The first-order valence-electron chi connectivity index (χ1n) is 27.2. The number of primary amides is 1. The maximum Gasteiger partial charge on any atom is 0.325 e. The number of rotatable bonds is 18. The Morgan fingerprint density at radius 1 is 0.647 bits per heavy atom. The molecule has 29 nitrogen and oxygen atoms in total. The summed E-state index contributed by atoms with van der Waals surface area (Å²) in [4.78, 5) is 151. The van der Waals surface area contributed by atoms with Gasteiger partial charge in [0.1, 0.15) is 54.9 Å². The Balaban J connectivity index is 1.22. The number of guanidine groups is 2. The highest BCUT2D eigenvalue weighted by atomic mass is 33.1. The van der Waals surface area contributed by atoms with Crippen molar-refractivity contribution >= 4 is 114 Å². The molecule has 2 aliphatic rings. The summed E-state index contributed by atoms with van der Waals surface area (Å²) in [6, 6.07) is 8.30. The number of urea groups is 1. The molecule has 452 valence electrons. The maximum absolute atomic E-state index is 14.9. The highest BCUT2D eigenvalue weighted by molar-refractivity contribution is 8.76. The third-order valence-electron chi connectivity index (χ3n) is 13.8. The molecule has 8 atom stereocenters. The van der Waals surface area contributed by atoms with Crippen molar-refractivity contribution in [1.29, 1.82) is 10.8 Å². The SMILES string of the molecule is C[C@H]1NC(=O)[C@@H](NC(=O)CN2C(=O)N[C@@H](CCCNC(=N)N)C2=O)CSSC[C@@H](C(N)=O)NC(=O)[C@H](Cc2c[nH]c3ccccc23)NC(=O)[C@H](CCCNC(=N)N)NC(=O)[C@@H](Cc2ccc3ccccc3c2)NC(=O)[C@H](Cc2c[nH]cn2)NC1=O. The molecule has 0 aliphatic carbocycles. The van der Waals surface area contributed by atoms with E-state index in [1.54, 1.807) is 18.3 Å². The van der Waals surface area contributed by atoms with Gasteiger partial charge in [-0.3, -0.25) is 58.9 Å². The monoisotopic (exact) mass is 1210 g/mol. The fraction of sp³-hybridized carbons (Fsp3) is 0.389. The smallest absolute Gasteiger partial charge is 0.325 e. The van der Waals surface area contributed by atoms with Crippen molar-refractivity contribution in [2.75, 3.05) is 31.1 Å². The average Bonchev–Trinajstić information content (AvgIpc) is 4.46. The lowest BCUT2D eigenvalue weighted by atomic mass is 9.99. The molecule has 4 heterocycles. The van der Waals surface area contributed by atoms with Gasteiger partial charge in [0.05, 0.1) is 12.0 Å². The number of hydrogen-bond acceptors (Lipinski definition) is 15. The molecule has 2 aromatic heterocycles. The molecule has 20 N–H and O–H groups in total. The molecule has 85 heavy (non-hydrogen) atoms. The van der Waals surface area contributed by atoms with E-state index in [4.69, 9.17) is 28.0 Å². The fourth-order valence-electron chi connectivity index (χ4n) is 9.37. The van der Waals surface area contributed by atoms with Gasteiger partial charge in [0, 0.05) is 67.2 Å². The molecule has 2 aliphatic heterocycles. The van der Waals surface area contributed by atoms with Crippen LogP contribution >= 0.6 is 21.6 Å². The summed E-state index contributed by atoms with van der Waals surface area (Å²) in [6.07, 6.45) is 4.59. The van der Waals surface area contributed by atoms with Crippen molar-refractivity contribution in [3.63, 3.8) is 0 Å². The summed E-state index contributed by atoms with van der Waals surface area (Å²) >= 11 is 0. The van der Waals surface area contributed by atoms with Crippen LogP contribution in [0.2, 0.25) is 0 Å². The van der Waals surface area contributed by atoms with E-state index < -0.39 is 114 Å². The first kappa shape index (κ1) is 63.2. The molecule has 2 saturated heterocycles. The molecule has 0 spiro atoms. The number of carbonyl (C=O) groups is 10. The number of imidazole rings is 1. The predicted molar refractivity (Wildman–Crippen MR) is 318 cm³/mol. The van der Waals surface area contributed by atoms with Crippen molar-refractivity contribution in [3.8, 4) is 0 Å². The first-order valence-corrected chi connectivity index (χ1v) is 29.6. The first-order chi connectivity index (χ1) is 40.7. The zero-order valence-corrected chi connectivity index (χ0v) is 47.8. The number of hydrogen-bond donors (Lipinski definition) is 17. The van der Waals surface area contributed by atoms with Crippen molar-refractivity contribution in [2.45, 2.75) is 100 Å². The van der Waals surface area contributed by atoms with E-state index in [2.05, 4.69) is 68.1 Å². The fourth-order valence-corrected chi connectivity index (χ4v) is 11.7. The molecule has 2 fully saturated rings. The van der Waals surface area contributed by atoms with Gasteiger partial charge in [-0.15, -0.1) is 0 Å². The number of aromatic nitrogens is 3. The highest BCUT2D eigenvalue weighted by Crippen LogP contribution is 2.25. The molecule has 0 saturated carbocycles. The third-order valence-corrected chi connectivity index (χ3v) is 16.3. The topological polar surface area (TPSA) is 464 Å². The predicted octanol–water partition coefficient (Wildman–Crippen LogP) is -2.19. The maximum atomic E-state index is 14.9. The molecular formula is C54H69N19O10S2. The Bertz CT molecular complexity index is 3290. The van der Waals surface area contributed by atoms with Crippen LogP contribution in [0.25, 0.3) is 21.7 Å². The van der Waals surface area contributed by atoms with E-state index in [-0.39, 0.29) is 75.0 Å². The summed E-state index contributed by atoms with van der Waals surface area (Å²) in [7, 11) is 1.92. The molecular weight excluding hydrogens is 1140 g/mol. The van der Waals surface area contributed by atoms with Crippen LogP contribution in [0.4, 0.5) is 4.79 Å². The normalized spacial score (nSPS) is 22.4. The molecule has 0 radical (unpaired) electrons. The zero-order valence-electron chi connectivity index (χ0n) is 46.2. The number of carbonyl (C=O) groups excluding carboxylic acids is 10. The van der Waals surface area contributed by atoms with E-state index in [0.29, 0.717) is 28.1 Å². The van der Waals surface area contributed by atoms with Gasteiger partial charge in [-0.25, -0.2) is 9.78 Å². The number of H-pyrrole nitrogens is 2. The van der Waals surface area contributed by atoms with Crippen LogP contribution in [0, 0.1) is 10.8 Å². The Hall–Kier alpha value is -9.39. The average molecular weight is 1210 g/mol. The minimum Gasteiger partial charge on any atom is -0.370 e. The quantitative estimate of drug-likeness (QED) is 0.0146. The van der Waals surface area contributed by atoms with Gasteiger partial charge in [0.15, 0.2) is 11.9 Å². The number of aromatic amines is 2. The van der Waals surface area contributed by atoms with E-state index in [0.717, 1.165) is 43.3 Å². The Morgan fingerprint density at radius 2 is 1.25 bits per heavy atom. The second kappa shape index (κ2) is 30.2. The second-order valence-corrected chi connectivity index (χ2v) is 22.8. The van der Waals surface area contributed by atoms with Gasteiger partial charge in [-0.2, -0.15) is 0 Å². The van der Waals surface area contributed by atoms with Gasteiger partial charge in [0.2, 0.25) is 47.3 Å². The summed E-state index contributed by atoms with van der Waals surface area (Å²) in [5.74, 6) is -8.91. The minimum atomic E-state index is -1.49. The van der Waals surface area contributed by atoms with Crippen LogP contribution in [-0.2, 0) is 62.4 Å². The summed E-state index contributed by atoms with van der Waals surface area (Å²) < 4.78 is 0. The number of nitrogens with zero attached hydrogens (tertiary/aromatic N) is 2. The summed E-state index contributed by atoms with van der Waals surface area (Å²) in [5, 5.41) is 44.0. The Morgan fingerprint density at radius 3 is 1.93 bits per heavy atom. The van der Waals surface area contributed by atoms with Crippen LogP contribution in [-0.4, -0.2) is 170 Å².